The Balaban J connectivity index is 2.70. The van der Waals surface area contributed by atoms with Gasteiger partial charge in [-0.3, -0.25) is 0 Å². The summed E-state index contributed by atoms with van der Waals surface area (Å²) in [6, 6.07) is 0. The van der Waals surface area contributed by atoms with Crippen molar-refractivity contribution in [1.29, 1.82) is 0 Å². The fraction of sp³-hybridized carbons (Fsp3) is 0.615. The van der Waals surface area contributed by atoms with Gasteiger partial charge in [-0.2, -0.15) is 0 Å². The number of carbonyl (C=O) groups is 1. The molecule has 0 aliphatic rings. The molecule has 0 bridgehead atoms. The van der Waals surface area contributed by atoms with Crippen LogP contribution in [0.1, 0.15) is 34.5 Å². The monoisotopic (exact) mass is 335 g/mol. The third-order valence-corrected chi connectivity index (χ3v) is 5.73. The fourth-order valence-electron chi connectivity index (χ4n) is 1.83. The number of hydrogen-bond donors (Lipinski definition) is 1. The van der Waals surface area contributed by atoms with Gasteiger partial charge in [0.15, 0.2) is 0 Å². The topological polar surface area (TPSA) is 81.7 Å². The van der Waals surface area contributed by atoms with Crippen molar-refractivity contribution < 1.29 is 22.7 Å². The molecule has 0 unspecified atom stereocenters. The fourth-order valence-corrected chi connectivity index (χ4v) is 4.60. The molecule has 0 aromatic carbocycles. The number of rotatable bonds is 9. The summed E-state index contributed by atoms with van der Waals surface area (Å²) >= 11 is 1.08. The number of carbonyl (C=O) groups excluding carboxylic acids is 1. The van der Waals surface area contributed by atoms with Crippen LogP contribution in [0.25, 0.3) is 0 Å². The number of aryl methyl sites for hydroxylation is 1. The van der Waals surface area contributed by atoms with Crippen LogP contribution in [0.2, 0.25) is 0 Å². The minimum absolute atomic E-state index is 0.0243. The number of nitrogens with one attached hydrogen (secondary N) is 1. The van der Waals surface area contributed by atoms with Gasteiger partial charge >= 0.3 is 5.97 Å². The molecule has 0 fully saturated rings. The Morgan fingerprint density at radius 1 is 1.29 bits per heavy atom. The van der Waals surface area contributed by atoms with Gasteiger partial charge in [0, 0.05) is 20.3 Å². The number of sulfonamides is 1. The molecule has 1 heterocycles. The summed E-state index contributed by atoms with van der Waals surface area (Å²) in [5, 5.41) is 1.64. The lowest BCUT2D eigenvalue weighted by Crippen LogP contribution is -2.26. The molecule has 0 saturated heterocycles. The third kappa shape index (κ3) is 5.06. The highest BCUT2D eigenvalue weighted by molar-refractivity contribution is 7.89. The molecule has 0 aliphatic carbocycles. The van der Waals surface area contributed by atoms with Crippen LogP contribution in [0, 0.1) is 6.92 Å². The first-order valence-corrected chi connectivity index (χ1v) is 8.95. The summed E-state index contributed by atoms with van der Waals surface area (Å²) in [7, 11) is -0.829. The van der Waals surface area contributed by atoms with E-state index >= 15 is 0 Å². The molecule has 0 aliphatic heterocycles. The van der Waals surface area contributed by atoms with E-state index in [1.807, 2.05) is 0 Å². The smallest absolute Gasteiger partial charge is 0.349 e. The number of hydrogen-bond acceptors (Lipinski definition) is 6. The van der Waals surface area contributed by atoms with E-state index in [9.17, 15) is 13.2 Å². The van der Waals surface area contributed by atoms with E-state index < -0.39 is 16.0 Å². The molecule has 6 nitrogen and oxygen atoms in total. The van der Waals surface area contributed by atoms with Crippen molar-refractivity contribution in [3.63, 3.8) is 0 Å². The molecule has 0 spiro atoms. The minimum Gasteiger partial charge on any atom is -0.465 e. The second kappa shape index (κ2) is 8.47. The van der Waals surface area contributed by atoms with E-state index in [0.717, 1.165) is 30.6 Å². The average molecular weight is 335 g/mol. The van der Waals surface area contributed by atoms with Gasteiger partial charge in [0.1, 0.15) is 9.77 Å². The van der Waals surface area contributed by atoms with Gasteiger partial charge in [-0.05, 0) is 37.1 Å². The van der Waals surface area contributed by atoms with Gasteiger partial charge in [-0.15, -0.1) is 11.3 Å². The highest BCUT2D eigenvalue weighted by Gasteiger charge is 2.26. The van der Waals surface area contributed by atoms with Crippen LogP contribution in [-0.2, 0) is 19.5 Å². The summed E-state index contributed by atoms with van der Waals surface area (Å²) in [5.74, 6) is -0.631. The minimum atomic E-state index is -3.70. The standard InChI is InChI=1S/C13H21NO5S2/c1-10-9-20-11(13(15)19-3)12(10)21(16,17)14-7-5-4-6-8-18-2/h9,14H,4-8H2,1-3H3. The Morgan fingerprint density at radius 2 is 2.00 bits per heavy atom. The second-order valence-electron chi connectivity index (χ2n) is 4.52. The quantitative estimate of drug-likeness (QED) is 0.551. The molecule has 0 amide bonds. The first-order valence-electron chi connectivity index (χ1n) is 6.59. The molecule has 0 radical (unpaired) electrons. The van der Waals surface area contributed by atoms with Crippen molar-refractivity contribution in [1.82, 2.24) is 4.72 Å². The summed E-state index contributed by atoms with van der Waals surface area (Å²) < 4.78 is 36.7. The van der Waals surface area contributed by atoms with E-state index in [4.69, 9.17) is 4.74 Å². The van der Waals surface area contributed by atoms with Crippen LogP contribution in [0.4, 0.5) is 0 Å². The van der Waals surface area contributed by atoms with Gasteiger partial charge < -0.3 is 9.47 Å². The van der Waals surface area contributed by atoms with Gasteiger partial charge in [0.05, 0.1) is 7.11 Å². The molecule has 1 N–H and O–H groups in total. The number of ether oxygens (including phenoxy) is 2. The Bertz CT molecular complexity index is 565. The van der Waals surface area contributed by atoms with E-state index in [1.54, 1.807) is 19.4 Å². The van der Waals surface area contributed by atoms with Crippen LogP contribution in [0.5, 0.6) is 0 Å². The normalized spacial score (nSPS) is 11.6. The van der Waals surface area contributed by atoms with E-state index in [1.165, 1.54) is 7.11 Å². The van der Waals surface area contributed by atoms with E-state index in [0.29, 0.717) is 18.7 Å². The lowest BCUT2D eigenvalue weighted by Gasteiger charge is -2.08. The lowest BCUT2D eigenvalue weighted by molar-refractivity contribution is 0.0602. The average Bonchev–Trinajstić information content (AvgIpc) is 2.84. The maximum Gasteiger partial charge on any atom is 0.349 e. The summed E-state index contributed by atoms with van der Waals surface area (Å²) in [6.07, 6.45) is 2.49. The van der Waals surface area contributed by atoms with Crippen molar-refractivity contribution in [3.05, 3.63) is 15.8 Å². The van der Waals surface area contributed by atoms with Crippen LogP contribution < -0.4 is 4.72 Å². The Kier molecular flexibility index (Phi) is 7.30. The predicted octanol–water partition coefficient (Wildman–Crippen LogP) is 1.94. The van der Waals surface area contributed by atoms with Crippen molar-refractivity contribution in [2.45, 2.75) is 31.1 Å². The molecular weight excluding hydrogens is 314 g/mol. The SMILES string of the molecule is COCCCCCNS(=O)(=O)c1c(C)csc1C(=O)OC. The Morgan fingerprint density at radius 3 is 2.62 bits per heavy atom. The van der Waals surface area contributed by atoms with Gasteiger partial charge in [-0.25, -0.2) is 17.9 Å². The molecule has 120 valence electrons. The molecular formula is C13H21NO5S2. The number of esters is 1. The van der Waals surface area contributed by atoms with Crippen LogP contribution in [0.3, 0.4) is 0 Å². The summed E-state index contributed by atoms with van der Waals surface area (Å²) in [5.41, 5.74) is 0.548. The van der Waals surface area contributed by atoms with Crippen molar-refractivity contribution in [2.24, 2.45) is 0 Å². The van der Waals surface area contributed by atoms with Crippen LogP contribution in [0.15, 0.2) is 10.3 Å². The molecule has 0 saturated carbocycles. The largest absolute Gasteiger partial charge is 0.465 e. The third-order valence-electron chi connectivity index (χ3n) is 2.87. The van der Waals surface area contributed by atoms with E-state index in [2.05, 4.69) is 9.46 Å². The van der Waals surface area contributed by atoms with Crippen molar-refractivity contribution >= 4 is 27.3 Å². The zero-order valence-corrected chi connectivity index (χ0v) is 14.1. The number of methoxy groups -OCH3 is 2. The van der Waals surface area contributed by atoms with Gasteiger partial charge in [0.2, 0.25) is 10.0 Å². The maximum atomic E-state index is 12.3. The Labute approximate surface area is 129 Å². The molecule has 1 rings (SSSR count). The first kappa shape index (κ1) is 18.1. The zero-order valence-electron chi connectivity index (χ0n) is 12.5. The highest BCUT2D eigenvalue weighted by Crippen LogP contribution is 2.27. The molecule has 21 heavy (non-hydrogen) atoms. The molecule has 8 heteroatoms. The van der Waals surface area contributed by atoms with E-state index in [-0.39, 0.29) is 9.77 Å². The molecule has 0 atom stereocenters. The second-order valence-corrected chi connectivity index (χ2v) is 7.10. The van der Waals surface area contributed by atoms with Crippen LogP contribution >= 0.6 is 11.3 Å². The lowest BCUT2D eigenvalue weighted by atomic mass is 10.2. The first-order chi connectivity index (χ1) is 9.94. The predicted molar refractivity (Wildman–Crippen MR) is 81.3 cm³/mol. The van der Waals surface area contributed by atoms with Crippen LogP contribution in [-0.4, -0.2) is 41.8 Å². The highest BCUT2D eigenvalue weighted by atomic mass is 32.2. The molecule has 1 aromatic heterocycles. The van der Waals surface area contributed by atoms with Gasteiger partial charge in [-0.1, -0.05) is 0 Å². The van der Waals surface area contributed by atoms with Crippen molar-refractivity contribution in [2.75, 3.05) is 27.4 Å². The summed E-state index contributed by atoms with van der Waals surface area (Å²) in [6.45, 7) is 2.67. The molecule has 1 aromatic rings. The van der Waals surface area contributed by atoms with Gasteiger partial charge in [0.25, 0.3) is 0 Å². The Hall–Kier alpha value is -0.960. The number of thiophene rings is 1. The zero-order chi connectivity index (χ0) is 15.9. The number of unbranched alkanes of at least 4 members (excludes halogenated alkanes) is 2. The van der Waals surface area contributed by atoms with Crippen molar-refractivity contribution in [3.8, 4) is 0 Å². The summed E-state index contributed by atoms with van der Waals surface area (Å²) in [4.78, 5) is 11.8. The maximum absolute atomic E-state index is 12.3.